The van der Waals surface area contributed by atoms with E-state index in [1.54, 1.807) is 0 Å². The minimum Gasteiger partial charge on any atom is -0.462 e. The fourth-order valence-electron chi connectivity index (χ4n) is 10.1. The Hall–Kier alpha value is -3.41. The minimum atomic E-state index is -0.795. The fraction of sp³-hybridized carbons (Fsp3) is 0.773. The van der Waals surface area contributed by atoms with Crippen LogP contribution in [0.15, 0.2) is 85.1 Å². The molecule has 0 aromatic heterocycles. The van der Waals surface area contributed by atoms with E-state index in [4.69, 9.17) is 14.2 Å². The van der Waals surface area contributed by atoms with Gasteiger partial charge in [0, 0.05) is 19.3 Å². The second kappa shape index (κ2) is 69.1. The van der Waals surface area contributed by atoms with Crippen molar-refractivity contribution in [3.8, 4) is 0 Å². The third-order valence-electron chi connectivity index (χ3n) is 15.4. The minimum absolute atomic E-state index is 0.0878. The zero-order valence-corrected chi connectivity index (χ0v) is 53.8. The van der Waals surface area contributed by atoms with Crippen LogP contribution in [0.1, 0.15) is 355 Å². The molecule has 0 saturated carbocycles. The van der Waals surface area contributed by atoms with Gasteiger partial charge in [-0.1, -0.05) is 305 Å². The normalized spacial score (nSPS) is 12.6. The molecule has 0 rings (SSSR count). The predicted molar refractivity (Wildman–Crippen MR) is 353 cm³/mol. The van der Waals surface area contributed by atoms with Gasteiger partial charge in [-0.15, -0.1) is 0 Å². The van der Waals surface area contributed by atoms with Crippen molar-refractivity contribution in [2.45, 2.75) is 361 Å². The third kappa shape index (κ3) is 67.3. The lowest BCUT2D eigenvalue weighted by Gasteiger charge is -2.18. The maximum Gasteiger partial charge on any atom is 0.306 e. The standard InChI is InChI=1S/C75H132O6/c1-4-7-10-13-16-19-22-25-28-30-32-33-34-35-36-37-38-39-40-41-43-44-47-50-53-56-59-62-65-68-74(77)80-71-72(70-79-73(76)67-64-61-58-55-52-49-46-27-24-21-18-15-12-9-6-3)81-75(78)69-66-63-60-57-54-51-48-45-42-31-29-26-23-20-17-14-11-8-5-2/h9,12,18,21-22,25-27,29-30,32,46,52,55,72H,4-8,10-11,13-17,19-20,23-24,28,31,33-45,47-51,53-54,56-71H2,1-3H3/b12-9-,21-18-,25-22-,29-26-,32-30-,46-27-,55-52-. The van der Waals surface area contributed by atoms with E-state index in [9.17, 15) is 14.4 Å². The van der Waals surface area contributed by atoms with Gasteiger partial charge in [-0.25, -0.2) is 0 Å². The SMILES string of the molecule is CC/C=C\C/C=C\C/C=C\C/C=C\CCCCC(=O)OCC(COC(=O)CCCCCCCCCCCCCCCCCCC/C=C\C/C=C\CCCCCCC)OC(=O)CCCCCCCCCCC/C=C\CCCCCCCC. The van der Waals surface area contributed by atoms with Crippen molar-refractivity contribution < 1.29 is 28.6 Å². The number of ether oxygens (including phenoxy) is 3. The van der Waals surface area contributed by atoms with E-state index in [-0.39, 0.29) is 31.1 Å². The third-order valence-corrected chi connectivity index (χ3v) is 15.4. The summed E-state index contributed by atoms with van der Waals surface area (Å²) in [6.07, 6.45) is 91.9. The maximum atomic E-state index is 12.9. The largest absolute Gasteiger partial charge is 0.462 e. The summed E-state index contributed by atoms with van der Waals surface area (Å²) in [6.45, 7) is 6.52. The smallest absolute Gasteiger partial charge is 0.306 e. The van der Waals surface area contributed by atoms with Gasteiger partial charge < -0.3 is 14.2 Å². The van der Waals surface area contributed by atoms with Crippen molar-refractivity contribution in [2.24, 2.45) is 0 Å². The highest BCUT2D eigenvalue weighted by Gasteiger charge is 2.19. The van der Waals surface area contributed by atoms with Gasteiger partial charge in [0.05, 0.1) is 0 Å². The van der Waals surface area contributed by atoms with E-state index < -0.39 is 6.10 Å². The molecule has 6 nitrogen and oxygen atoms in total. The molecular formula is C75H132O6. The quantitative estimate of drug-likeness (QED) is 0.0261. The molecule has 0 bridgehead atoms. The van der Waals surface area contributed by atoms with Crippen LogP contribution in [0, 0.1) is 0 Å². The van der Waals surface area contributed by atoms with E-state index >= 15 is 0 Å². The van der Waals surface area contributed by atoms with Crippen LogP contribution in [0.4, 0.5) is 0 Å². The number of allylic oxidation sites excluding steroid dienone is 14. The summed E-state index contributed by atoms with van der Waals surface area (Å²) in [5, 5.41) is 0. The summed E-state index contributed by atoms with van der Waals surface area (Å²) >= 11 is 0. The van der Waals surface area contributed by atoms with E-state index in [2.05, 4.69) is 106 Å². The first-order chi connectivity index (χ1) is 40.0. The molecule has 0 heterocycles. The second-order valence-corrected chi connectivity index (χ2v) is 23.4. The Kier molecular flexibility index (Phi) is 66.2. The molecule has 81 heavy (non-hydrogen) atoms. The fourth-order valence-corrected chi connectivity index (χ4v) is 10.1. The maximum absolute atomic E-state index is 12.9. The molecule has 0 spiro atoms. The van der Waals surface area contributed by atoms with Crippen molar-refractivity contribution in [2.75, 3.05) is 13.2 Å². The summed E-state index contributed by atoms with van der Waals surface area (Å²) in [5.41, 5.74) is 0. The molecule has 1 unspecified atom stereocenters. The molecule has 0 fully saturated rings. The monoisotopic (exact) mass is 1130 g/mol. The lowest BCUT2D eigenvalue weighted by molar-refractivity contribution is -0.167. The predicted octanol–water partition coefficient (Wildman–Crippen LogP) is 24.2. The number of carbonyl (C=O) groups excluding carboxylic acids is 3. The summed E-state index contributed by atoms with van der Waals surface area (Å²) in [6, 6.07) is 0. The van der Waals surface area contributed by atoms with Crippen molar-refractivity contribution in [3.63, 3.8) is 0 Å². The van der Waals surface area contributed by atoms with Crippen LogP contribution in [0.25, 0.3) is 0 Å². The lowest BCUT2D eigenvalue weighted by atomic mass is 10.0. The molecule has 0 amide bonds. The summed E-state index contributed by atoms with van der Waals surface area (Å²) < 4.78 is 16.9. The van der Waals surface area contributed by atoms with Crippen LogP contribution < -0.4 is 0 Å². The summed E-state index contributed by atoms with van der Waals surface area (Å²) in [4.78, 5) is 38.4. The highest BCUT2D eigenvalue weighted by Crippen LogP contribution is 2.17. The van der Waals surface area contributed by atoms with E-state index in [1.165, 1.54) is 225 Å². The number of hydrogen-bond donors (Lipinski definition) is 0. The Morgan fingerprint density at radius 1 is 0.259 bits per heavy atom. The Labute approximate surface area is 503 Å². The van der Waals surface area contributed by atoms with Crippen LogP contribution in [0.5, 0.6) is 0 Å². The Balaban J connectivity index is 4.28. The zero-order chi connectivity index (χ0) is 58.5. The second-order valence-electron chi connectivity index (χ2n) is 23.4. The first-order valence-corrected chi connectivity index (χ1v) is 35.1. The number of hydrogen-bond acceptors (Lipinski definition) is 6. The van der Waals surface area contributed by atoms with E-state index in [0.717, 1.165) is 89.9 Å². The molecule has 0 saturated heterocycles. The van der Waals surface area contributed by atoms with Gasteiger partial charge in [-0.05, 0) is 116 Å². The Morgan fingerprint density at radius 3 is 0.790 bits per heavy atom. The van der Waals surface area contributed by atoms with Crippen LogP contribution in [0.3, 0.4) is 0 Å². The van der Waals surface area contributed by atoms with Gasteiger partial charge >= 0.3 is 17.9 Å². The molecule has 0 aliphatic carbocycles. The molecule has 1 atom stereocenters. The van der Waals surface area contributed by atoms with E-state index in [1.807, 2.05) is 0 Å². The number of unbranched alkanes of at least 4 members (excludes halogenated alkanes) is 39. The molecule has 0 aromatic carbocycles. The molecule has 0 radical (unpaired) electrons. The molecule has 0 N–H and O–H groups in total. The van der Waals surface area contributed by atoms with Crippen molar-refractivity contribution in [1.29, 1.82) is 0 Å². The van der Waals surface area contributed by atoms with Gasteiger partial charge in [-0.2, -0.15) is 0 Å². The van der Waals surface area contributed by atoms with Gasteiger partial charge in [0.25, 0.3) is 0 Å². The number of esters is 3. The van der Waals surface area contributed by atoms with Crippen molar-refractivity contribution >= 4 is 17.9 Å². The van der Waals surface area contributed by atoms with Crippen LogP contribution in [-0.2, 0) is 28.6 Å². The highest BCUT2D eigenvalue weighted by atomic mass is 16.6. The summed E-state index contributed by atoms with van der Waals surface area (Å²) in [5.74, 6) is -0.916. The van der Waals surface area contributed by atoms with Crippen molar-refractivity contribution in [3.05, 3.63) is 85.1 Å². The Bertz CT molecular complexity index is 1530. The zero-order valence-electron chi connectivity index (χ0n) is 53.8. The summed E-state index contributed by atoms with van der Waals surface area (Å²) in [7, 11) is 0. The van der Waals surface area contributed by atoms with Crippen molar-refractivity contribution in [1.82, 2.24) is 0 Å². The van der Waals surface area contributed by atoms with Gasteiger partial charge in [0.1, 0.15) is 13.2 Å². The molecular weight excluding hydrogens is 997 g/mol. The van der Waals surface area contributed by atoms with Crippen LogP contribution in [0.2, 0.25) is 0 Å². The van der Waals surface area contributed by atoms with E-state index in [0.29, 0.717) is 19.3 Å². The number of carbonyl (C=O) groups is 3. The average molecular weight is 1130 g/mol. The topological polar surface area (TPSA) is 78.9 Å². The number of rotatable bonds is 64. The molecule has 0 aromatic rings. The molecule has 6 heteroatoms. The van der Waals surface area contributed by atoms with Gasteiger partial charge in [-0.3, -0.25) is 14.4 Å². The highest BCUT2D eigenvalue weighted by molar-refractivity contribution is 5.71. The Morgan fingerprint density at radius 2 is 0.481 bits per heavy atom. The first-order valence-electron chi connectivity index (χ1n) is 35.1. The van der Waals surface area contributed by atoms with Gasteiger partial charge in [0.2, 0.25) is 0 Å². The molecule has 0 aliphatic rings. The molecule has 468 valence electrons. The molecule has 0 aliphatic heterocycles. The average Bonchev–Trinajstić information content (AvgIpc) is 3.47. The lowest BCUT2D eigenvalue weighted by Crippen LogP contribution is -2.30. The first kappa shape index (κ1) is 77.6. The van der Waals surface area contributed by atoms with Crippen LogP contribution >= 0.6 is 0 Å². The van der Waals surface area contributed by atoms with Crippen LogP contribution in [-0.4, -0.2) is 37.2 Å². The van der Waals surface area contributed by atoms with Gasteiger partial charge in [0.15, 0.2) is 6.10 Å².